The lowest BCUT2D eigenvalue weighted by Gasteiger charge is -1.94. The largest absolute Gasteiger partial charge is 0.470 e. The first-order valence-electron chi connectivity index (χ1n) is 1.85. The number of halogens is 2. The zero-order chi connectivity index (χ0) is 6.57. The van der Waals surface area contributed by atoms with Gasteiger partial charge in [-0.3, -0.25) is 0 Å². The predicted molar refractivity (Wildman–Crippen MR) is 23.3 cm³/mol. The van der Waals surface area contributed by atoms with Crippen LogP contribution in [0.4, 0.5) is 8.78 Å². The molecule has 0 spiro atoms. The van der Waals surface area contributed by atoms with Crippen LogP contribution in [0.25, 0.3) is 0 Å². The van der Waals surface area contributed by atoms with Gasteiger partial charge in [-0.05, 0) is 0 Å². The molecule has 0 amide bonds. The average Bonchev–Trinajstić information content (AvgIpc) is 1.84. The minimum Gasteiger partial charge on any atom is -0.470 e. The number of hydrogen-bond donors (Lipinski definition) is 0. The van der Waals surface area contributed by atoms with E-state index in [1.54, 1.807) is 0 Å². The zero-order valence-corrected chi connectivity index (χ0v) is 4.57. The number of hydrogen-bond acceptors (Lipinski definition) is 2. The van der Waals surface area contributed by atoms with E-state index < -0.39 is 12.0 Å². The molecular formula is C4H6F2O2. The molecule has 0 aliphatic carbocycles. The van der Waals surface area contributed by atoms with E-state index in [2.05, 4.69) is 9.47 Å². The molecule has 0 saturated carbocycles. The van der Waals surface area contributed by atoms with Crippen molar-refractivity contribution in [3.05, 3.63) is 12.0 Å². The van der Waals surface area contributed by atoms with Gasteiger partial charge in [0.05, 0.1) is 14.2 Å². The Morgan fingerprint density at radius 3 is 1.38 bits per heavy atom. The van der Waals surface area contributed by atoms with Crippen molar-refractivity contribution in [1.29, 1.82) is 0 Å². The van der Waals surface area contributed by atoms with E-state index in [1.807, 2.05) is 0 Å². The number of rotatable bonds is 2. The molecule has 0 atom stereocenters. The van der Waals surface area contributed by atoms with Crippen LogP contribution in [0.15, 0.2) is 12.0 Å². The van der Waals surface area contributed by atoms with Gasteiger partial charge in [-0.25, -0.2) is 0 Å². The first-order chi connectivity index (χ1) is 3.72. The van der Waals surface area contributed by atoms with Gasteiger partial charge in [-0.1, -0.05) is 0 Å². The molecule has 48 valence electrons. The summed E-state index contributed by atoms with van der Waals surface area (Å²) in [7, 11) is 2.02. The summed E-state index contributed by atoms with van der Waals surface area (Å²) < 4.78 is 31.0. The number of ether oxygens (including phenoxy) is 2. The third-order valence-electron chi connectivity index (χ3n) is 0.513. The molecule has 0 bridgehead atoms. The van der Waals surface area contributed by atoms with Crippen LogP contribution in [-0.4, -0.2) is 14.2 Å². The van der Waals surface area contributed by atoms with Crippen LogP contribution in [0.2, 0.25) is 0 Å². The molecule has 0 aromatic rings. The normalized spacial score (nSPS) is 12.5. The van der Waals surface area contributed by atoms with Gasteiger partial charge in [0, 0.05) is 0 Å². The van der Waals surface area contributed by atoms with Crippen LogP contribution < -0.4 is 0 Å². The summed E-state index contributed by atoms with van der Waals surface area (Å²) in [6.07, 6.45) is 0. The van der Waals surface area contributed by atoms with Crippen molar-refractivity contribution in [2.24, 2.45) is 0 Å². The molecule has 2 nitrogen and oxygen atoms in total. The Bertz CT molecular complexity index is 88.2. The second-order valence-corrected chi connectivity index (χ2v) is 0.956. The van der Waals surface area contributed by atoms with Crippen LogP contribution in [0, 0.1) is 0 Å². The summed E-state index contributed by atoms with van der Waals surface area (Å²) in [5, 5.41) is 0. The lowest BCUT2D eigenvalue weighted by molar-refractivity contribution is 0.114. The maximum atomic E-state index is 11.7. The highest BCUT2D eigenvalue weighted by atomic mass is 19.2. The van der Waals surface area contributed by atoms with Crippen molar-refractivity contribution >= 4 is 0 Å². The first-order valence-corrected chi connectivity index (χ1v) is 1.85. The summed E-state index contributed by atoms with van der Waals surface area (Å²) in [4.78, 5) is 0. The molecule has 0 radical (unpaired) electrons. The van der Waals surface area contributed by atoms with Crippen LogP contribution >= 0.6 is 0 Å². The monoisotopic (exact) mass is 124 g/mol. The Balaban J connectivity index is 3.83. The fraction of sp³-hybridized carbons (Fsp3) is 0.500. The summed E-state index contributed by atoms with van der Waals surface area (Å²) >= 11 is 0. The second kappa shape index (κ2) is 3.23. The third kappa shape index (κ3) is 1.77. The van der Waals surface area contributed by atoms with E-state index in [4.69, 9.17) is 0 Å². The molecule has 0 fully saturated rings. The Morgan fingerprint density at radius 2 is 1.25 bits per heavy atom. The minimum absolute atomic E-state index is 1.01. The van der Waals surface area contributed by atoms with Crippen molar-refractivity contribution in [3.63, 3.8) is 0 Å². The number of methoxy groups -OCH3 is 2. The topological polar surface area (TPSA) is 18.5 Å². The van der Waals surface area contributed by atoms with E-state index in [0.717, 1.165) is 14.2 Å². The van der Waals surface area contributed by atoms with Crippen molar-refractivity contribution in [2.45, 2.75) is 0 Å². The fourth-order valence-electron chi connectivity index (χ4n) is 0.160. The maximum Gasteiger partial charge on any atom is 0.346 e. The minimum atomic E-state index is -1.34. The quantitative estimate of drug-likeness (QED) is 0.517. The predicted octanol–water partition coefficient (Wildman–Crippen LogP) is 1.34. The molecule has 0 aliphatic rings. The van der Waals surface area contributed by atoms with E-state index in [1.165, 1.54) is 0 Å². The van der Waals surface area contributed by atoms with Crippen LogP contribution in [0.3, 0.4) is 0 Å². The van der Waals surface area contributed by atoms with Crippen molar-refractivity contribution < 1.29 is 18.3 Å². The van der Waals surface area contributed by atoms with E-state index in [0.29, 0.717) is 0 Å². The second-order valence-electron chi connectivity index (χ2n) is 0.956. The van der Waals surface area contributed by atoms with Crippen LogP contribution in [0.5, 0.6) is 0 Å². The highest BCUT2D eigenvalue weighted by molar-refractivity contribution is 4.80. The van der Waals surface area contributed by atoms with Gasteiger partial charge in [0.15, 0.2) is 0 Å². The molecule has 0 aromatic carbocycles. The molecule has 8 heavy (non-hydrogen) atoms. The first kappa shape index (κ1) is 7.20. The van der Waals surface area contributed by atoms with Crippen LogP contribution in [-0.2, 0) is 9.47 Å². The Morgan fingerprint density at radius 1 is 1.00 bits per heavy atom. The van der Waals surface area contributed by atoms with Gasteiger partial charge in [0.25, 0.3) is 0 Å². The molecule has 0 aromatic heterocycles. The van der Waals surface area contributed by atoms with Gasteiger partial charge in [-0.15, -0.1) is 0 Å². The van der Waals surface area contributed by atoms with Gasteiger partial charge < -0.3 is 9.47 Å². The SMILES string of the molecule is CO/C(F)=C(/F)OC. The standard InChI is InChI=1S/C4H6F2O2/c1-7-3(5)4(6)8-2/h1-2H3/b4-3-. The van der Waals surface area contributed by atoms with Crippen molar-refractivity contribution in [2.75, 3.05) is 14.2 Å². The molecule has 0 unspecified atom stereocenters. The zero-order valence-electron chi connectivity index (χ0n) is 4.57. The Kier molecular flexibility index (Phi) is 2.91. The lowest BCUT2D eigenvalue weighted by atomic mass is 10.9. The molecule has 0 rings (SSSR count). The Labute approximate surface area is 45.7 Å². The molecule has 0 heterocycles. The lowest BCUT2D eigenvalue weighted by Crippen LogP contribution is -1.85. The summed E-state index contributed by atoms with van der Waals surface area (Å²) in [5.41, 5.74) is 0. The van der Waals surface area contributed by atoms with E-state index in [9.17, 15) is 8.78 Å². The molecule has 0 saturated heterocycles. The fourth-order valence-corrected chi connectivity index (χ4v) is 0.160. The highest BCUT2D eigenvalue weighted by Crippen LogP contribution is 2.07. The van der Waals surface area contributed by atoms with Gasteiger partial charge in [0.1, 0.15) is 0 Å². The summed E-state index contributed by atoms with van der Waals surface area (Å²) in [5.74, 6) is 0. The van der Waals surface area contributed by atoms with Crippen molar-refractivity contribution in [1.82, 2.24) is 0 Å². The van der Waals surface area contributed by atoms with Crippen molar-refractivity contribution in [3.8, 4) is 0 Å². The molecule has 0 N–H and O–H groups in total. The van der Waals surface area contributed by atoms with E-state index >= 15 is 0 Å². The molecule has 4 heteroatoms. The Hall–Kier alpha value is -0.800. The smallest absolute Gasteiger partial charge is 0.346 e. The maximum absolute atomic E-state index is 11.7. The summed E-state index contributed by atoms with van der Waals surface area (Å²) in [6.45, 7) is 0. The van der Waals surface area contributed by atoms with E-state index in [-0.39, 0.29) is 0 Å². The van der Waals surface area contributed by atoms with Gasteiger partial charge >= 0.3 is 12.0 Å². The van der Waals surface area contributed by atoms with Crippen LogP contribution in [0.1, 0.15) is 0 Å². The molecule has 0 aliphatic heterocycles. The average molecular weight is 124 g/mol. The molecular weight excluding hydrogens is 118 g/mol. The summed E-state index contributed by atoms with van der Waals surface area (Å²) in [6, 6.07) is -2.68. The highest BCUT2D eigenvalue weighted by Gasteiger charge is 2.02. The van der Waals surface area contributed by atoms with Gasteiger partial charge in [-0.2, -0.15) is 8.78 Å². The third-order valence-corrected chi connectivity index (χ3v) is 0.513. The van der Waals surface area contributed by atoms with Gasteiger partial charge in [0.2, 0.25) is 0 Å².